The second-order valence-electron chi connectivity index (χ2n) is 5.18. The molecule has 5 nitrogen and oxygen atoms in total. The number of benzene rings is 1. The molecule has 0 radical (unpaired) electrons. The summed E-state index contributed by atoms with van der Waals surface area (Å²) in [4.78, 5) is 8.87. The standard InChI is InChI=1S/C15H16N4OS/c1-11-10-14(18-21(2,3)20)17-15(16-11)19-9-8-12-6-4-5-7-13(12)19/h4-10H,1-3H3. The predicted octanol–water partition coefficient (Wildman–Crippen LogP) is 3.09. The lowest BCUT2D eigenvalue weighted by molar-refractivity contribution is 0.684. The number of aromatic nitrogens is 3. The first-order valence-corrected chi connectivity index (χ1v) is 8.85. The highest BCUT2D eigenvalue weighted by Gasteiger charge is 2.08. The maximum Gasteiger partial charge on any atom is 0.236 e. The third kappa shape index (κ3) is 2.95. The van der Waals surface area contributed by atoms with Crippen molar-refractivity contribution in [1.29, 1.82) is 0 Å². The van der Waals surface area contributed by atoms with E-state index < -0.39 is 9.73 Å². The molecule has 0 atom stereocenters. The van der Waals surface area contributed by atoms with E-state index in [-0.39, 0.29) is 0 Å². The molecule has 0 aliphatic heterocycles. The van der Waals surface area contributed by atoms with Crippen LogP contribution in [-0.2, 0) is 9.73 Å². The van der Waals surface area contributed by atoms with Crippen LogP contribution in [0.1, 0.15) is 5.69 Å². The topological polar surface area (TPSA) is 60.1 Å². The lowest BCUT2D eigenvalue weighted by Gasteiger charge is -2.06. The monoisotopic (exact) mass is 300 g/mol. The number of rotatable bonds is 2. The van der Waals surface area contributed by atoms with E-state index in [0.29, 0.717) is 11.8 Å². The third-order valence-electron chi connectivity index (χ3n) is 2.96. The van der Waals surface area contributed by atoms with E-state index >= 15 is 0 Å². The van der Waals surface area contributed by atoms with Gasteiger partial charge in [-0.3, -0.25) is 4.57 Å². The summed E-state index contributed by atoms with van der Waals surface area (Å²) in [6, 6.07) is 11.8. The normalized spacial score (nSPS) is 11.8. The largest absolute Gasteiger partial charge is 0.285 e. The van der Waals surface area contributed by atoms with Crippen LogP contribution in [0.25, 0.3) is 16.9 Å². The molecule has 2 aromatic heterocycles. The van der Waals surface area contributed by atoms with Gasteiger partial charge in [0, 0.05) is 45.6 Å². The molecule has 0 spiro atoms. The molecule has 3 aromatic rings. The Hall–Kier alpha value is -2.21. The molecule has 0 bridgehead atoms. The molecule has 0 unspecified atom stereocenters. The number of hydrogen-bond donors (Lipinski definition) is 0. The summed E-state index contributed by atoms with van der Waals surface area (Å²) in [6.07, 6.45) is 5.11. The van der Waals surface area contributed by atoms with E-state index in [2.05, 4.69) is 14.3 Å². The lowest BCUT2D eigenvalue weighted by Crippen LogP contribution is -2.01. The van der Waals surface area contributed by atoms with Crippen molar-refractivity contribution < 1.29 is 4.21 Å². The van der Waals surface area contributed by atoms with Crippen LogP contribution in [0.5, 0.6) is 0 Å². The average molecular weight is 300 g/mol. The minimum Gasteiger partial charge on any atom is -0.285 e. The third-order valence-corrected chi connectivity index (χ3v) is 3.58. The van der Waals surface area contributed by atoms with Crippen LogP contribution in [-0.4, -0.2) is 31.3 Å². The summed E-state index contributed by atoms with van der Waals surface area (Å²) in [7, 11) is -2.25. The SMILES string of the molecule is Cc1cc(N=S(C)(C)=O)nc(-n2ccc3ccccc32)n1. The minimum absolute atomic E-state index is 0.449. The Kier molecular flexibility index (Phi) is 3.25. The molecule has 0 aliphatic rings. The van der Waals surface area contributed by atoms with Crippen molar-refractivity contribution in [2.24, 2.45) is 4.36 Å². The fraction of sp³-hybridized carbons (Fsp3) is 0.200. The highest BCUT2D eigenvalue weighted by molar-refractivity contribution is 7.92. The Bertz CT molecular complexity index is 928. The molecule has 1 aromatic carbocycles. The Morgan fingerprint density at radius 1 is 1.14 bits per heavy atom. The van der Waals surface area contributed by atoms with Gasteiger partial charge in [-0.1, -0.05) is 18.2 Å². The van der Waals surface area contributed by atoms with E-state index in [1.54, 1.807) is 18.6 Å². The van der Waals surface area contributed by atoms with Gasteiger partial charge in [0.2, 0.25) is 5.95 Å². The molecule has 0 amide bonds. The van der Waals surface area contributed by atoms with Gasteiger partial charge in [-0.05, 0) is 19.1 Å². The van der Waals surface area contributed by atoms with Gasteiger partial charge in [0.25, 0.3) is 0 Å². The van der Waals surface area contributed by atoms with E-state index in [1.165, 1.54) is 0 Å². The van der Waals surface area contributed by atoms with Crippen LogP contribution in [0.2, 0.25) is 0 Å². The number of fused-ring (bicyclic) bond motifs is 1. The molecule has 21 heavy (non-hydrogen) atoms. The molecule has 6 heteroatoms. The van der Waals surface area contributed by atoms with Crippen molar-refractivity contribution >= 4 is 26.4 Å². The Morgan fingerprint density at radius 3 is 2.67 bits per heavy atom. The van der Waals surface area contributed by atoms with Crippen LogP contribution in [0.3, 0.4) is 0 Å². The maximum absolute atomic E-state index is 11.8. The van der Waals surface area contributed by atoms with Gasteiger partial charge < -0.3 is 0 Å². The van der Waals surface area contributed by atoms with Gasteiger partial charge in [0.15, 0.2) is 5.82 Å². The summed E-state index contributed by atoms with van der Waals surface area (Å²) in [6.45, 7) is 1.88. The first-order chi connectivity index (χ1) is 9.92. The van der Waals surface area contributed by atoms with Crippen LogP contribution in [0, 0.1) is 6.92 Å². The van der Waals surface area contributed by atoms with Gasteiger partial charge in [0.1, 0.15) is 0 Å². The molecule has 0 aliphatic carbocycles. The molecular weight excluding hydrogens is 284 g/mol. The number of aryl methyl sites for hydroxylation is 1. The van der Waals surface area contributed by atoms with Gasteiger partial charge in [-0.2, -0.15) is 9.35 Å². The Balaban J connectivity index is 2.21. The zero-order valence-electron chi connectivity index (χ0n) is 12.1. The first kappa shape index (κ1) is 13.8. The smallest absolute Gasteiger partial charge is 0.236 e. The summed E-state index contributed by atoms with van der Waals surface area (Å²) in [5, 5.41) is 1.12. The van der Waals surface area contributed by atoms with Gasteiger partial charge in [-0.25, -0.2) is 9.19 Å². The van der Waals surface area contributed by atoms with E-state index in [0.717, 1.165) is 16.6 Å². The summed E-state index contributed by atoms with van der Waals surface area (Å²) in [5.41, 5.74) is 1.82. The molecule has 3 rings (SSSR count). The minimum atomic E-state index is -2.25. The summed E-state index contributed by atoms with van der Waals surface area (Å²) >= 11 is 0. The molecule has 108 valence electrons. The van der Waals surface area contributed by atoms with Gasteiger partial charge in [0.05, 0.1) is 5.52 Å². The van der Waals surface area contributed by atoms with Crippen molar-refractivity contribution in [1.82, 2.24) is 14.5 Å². The number of para-hydroxylation sites is 1. The zero-order valence-corrected chi connectivity index (χ0v) is 13.0. The predicted molar refractivity (Wildman–Crippen MR) is 85.7 cm³/mol. The van der Waals surface area contributed by atoms with Gasteiger partial charge in [-0.15, -0.1) is 0 Å². The van der Waals surface area contributed by atoms with E-state index in [1.807, 2.05) is 48.0 Å². The van der Waals surface area contributed by atoms with E-state index in [4.69, 9.17) is 0 Å². The summed E-state index contributed by atoms with van der Waals surface area (Å²) in [5.74, 6) is 0.990. The fourth-order valence-corrected chi connectivity index (χ4v) is 2.72. The Labute approximate surface area is 123 Å². The second kappa shape index (κ2) is 4.96. The van der Waals surface area contributed by atoms with Gasteiger partial charge >= 0.3 is 0 Å². The molecule has 0 saturated heterocycles. The van der Waals surface area contributed by atoms with E-state index in [9.17, 15) is 4.21 Å². The fourth-order valence-electron chi connectivity index (χ4n) is 2.17. The Morgan fingerprint density at radius 2 is 1.90 bits per heavy atom. The molecular formula is C15H16N4OS. The van der Waals surface area contributed by atoms with Crippen molar-refractivity contribution in [2.45, 2.75) is 6.92 Å². The van der Waals surface area contributed by atoms with Crippen LogP contribution >= 0.6 is 0 Å². The molecule has 0 fully saturated rings. The molecule has 0 N–H and O–H groups in total. The van der Waals surface area contributed by atoms with Crippen molar-refractivity contribution in [3.8, 4) is 5.95 Å². The quantitative estimate of drug-likeness (QED) is 0.730. The van der Waals surface area contributed by atoms with Crippen LogP contribution in [0.4, 0.5) is 5.82 Å². The highest BCUT2D eigenvalue weighted by Crippen LogP contribution is 2.20. The van der Waals surface area contributed by atoms with Crippen molar-refractivity contribution in [2.75, 3.05) is 12.5 Å². The lowest BCUT2D eigenvalue weighted by atomic mass is 10.2. The van der Waals surface area contributed by atoms with Crippen molar-refractivity contribution in [3.63, 3.8) is 0 Å². The summed E-state index contributed by atoms with van der Waals surface area (Å²) < 4.78 is 17.9. The molecule has 2 heterocycles. The number of nitrogens with zero attached hydrogens (tertiary/aromatic N) is 4. The first-order valence-electron chi connectivity index (χ1n) is 6.52. The average Bonchev–Trinajstić information content (AvgIpc) is 2.79. The zero-order chi connectivity index (χ0) is 15.0. The number of hydrogen-bond acceptors (Lipinski definition) is 4. The molecule has 0 saturated carbocycles. The van der Waals surface area contributed by atoms with Crippen molar-refractivity contribution in [3.05, 3.63) is 48.3 Å². The second-order valence-corrected chi connectivity index (χ2v) is 7.73. The maximum atomic E-state index is 11.8. The van der Waals surface area contributed by atoms with Crippen LogP contribution in [0.15, 0.2) is 47.0 Å². The highest BCUT2D eigenvalue weighted by atomic mass is 32.2. The van der Waals surface area contributed by atoms with Crippen LogP contribution < -0.4 is 0 Å².